The van der Waals surface area contributed by atoms with Crippen LogP contribution in [0, 0.1) is 17.3 Å². The average Bonchev–Trinajstić information content (AvgIpc) is 1.01. The Labute approximate surface area is 838 Å². The van der Waals surface area contributed by atoms with Crippen molar-refractivity contribution in [1.29, 1.82) is 0 Å². The molecule has 740 valence electrons. The van der Waals surface area contributed by atoms with Crippen LogP contribution >= 0.6 is 46.4 Å². The van der Waals surface area contributed by atoms with Crippen LogP contribution in [0.4, 0.5) is 0 Å². The number of pyridine rings is 4. The molecule has 18 atom stereocenters. The lowest BCUT2D eigenvalue weighted by atomic mass is 9.52. The molecule has 8 aromatic heterocycles. The summed E-state index contributed by atoms with van der Waals surface area (Å²) in [6, 6.07) is 58.2. The van der Waals surface area contributed by atoms with Gasteiger partial charge in [-0.05, 0) is 164 Å². The number of carboxylic acid groups (broad SMARTS) is 1. The van der Waals surface area contributed by atoms with Gasteiger partial charge in [0.1, 0.15) is 88.9 Å². The molecule has 0 amide bonds. The van der Waals surface area contributed by atoms with Crippen LogP contribution in [-0.4, -0.2) is 248 Å². The van der Waals surface area contributed by atoms with Gasteiger partial charge in [0.25, 0.3) is 0 Å². The molecular weight excluding hydrogens is 1920 g/mol. The molecule has 8 saturated heterocycles. The van der Waals surface area contributed by atoms with Crippen LogP contribution in [0.3, 0.4) is 0 Å². The predicted octanol–water partition coefficient (Wildman–Crippen LogP) is 17.9. The Morgan fingerprint density at radius 2 is 0.683 bits per heavy atom. The number of sulfone groups is 1. The van der Waals surface area contributed by atoms with Gasteiger partial charge in [-0.1, -0.05) is 186 Å². The normalized spacial score (nSPS) is 28.9. The van der Waals surface area contributed by atoms with Crippen LogP contribution < -0.4 is 18.9 Å². The van der Waals surface area contributed by atoms with Crippen LogP contribution in [0.25, 0.3) is 111 Å². The second-order valence-corrected chi connectivity index (χ2v) is 43.4. The zero-order valence-electron chi connectivity index (χ0n) is 77.8. The Morgan fingerprint density at radius 3 is 0.986 bits per heavy atom. The molecule has 9 N–H and O–H groups in total. The molecule has 26 rings (SSSR count). The fourth-order valence-electron chi connectivity index (χ4n) is 22.5. The number of aliphatic hydroxyl groups is 4. The lowest BCUT2D eigenvalue weighted by Gasteiger charge is -2.51. The maximum Gasteiger partial charge on any atom is 0.309 e. The fourth-order valence-corrected chi connectivity index (χ4v) is 24.7. The van der Waals surface area contributed by atoms with Crippen LogP contribution in [0.15, 0.2) is 188 Å². The number of aliphatic carboxylic acids is 1. The number of benzene rings is 5. The SMILES string of the molecule is CC(=O)CC1CC=C(c2ccc(-c3nc4cc(O[C@@H]5CO[C@H]6[C@@H]5OC[C@H]6O)[nH]c4cc3Cl)cc2)CC1.CS(=O)(=O)CC1CC=C(c2ccc(-c3nc4cc(O[C@@H]5CO[C@H]6[C@@H]5OC[C@H]6O)[nH]c4cc3Cl)cc2)CC1.O=C(O)C12CCC(c3ccc(-c4nc5cc(O[C@@H]6CO[C@H]7[C@@H]6OC[C@H]7O)[nH]c5cc4Cl)cc3)(CC1)CC2.O[C@@H]1CO[C@H]2[C@@H]1OC[C@H]2Oc1cc2nc(-c3ccc(-c4ccccc4)cc3)c(Cl)cc2[nH]1. The number of halogens is 4. The van der Waals surface area contributed by atoms with Crippen LogP contribution in [0.1, 0.15) is 107 Å². The molecule has 13 aliphatic rings. The molecule has 13 aromatic rings. The minimum atomic E-state index is -2.95. The first-order valence-corrected chi connectivity index (χ1v) is 52.1. The molecule has 0 radical (unpaired) electrons. The molecule has 11 fully saturated rings. The summed E-state index contributed by atoms with van der Waals surface area (Å²) in [6.45, 7) is 4.15. The smallest absolute Gasteiger partial charge is 0.309 e. The van der Waals surface area contributed by atoms with Crippen LogP contribution in [-0.2, 0) is 62.7 Å². The van der Waals surface area contributed by atoms with Crippen molar-refractivity contribution in [2.24, 2.45) is 17.3 Å². The van der Waals surface area contributed by atoms with Gasteiger partial charge < -0.3 is 107 Å². The number of aliphatic hydroxyl groups excluding tert-OH is 4. The topological polar surface area (TPSA) is 395 Å². The van der Waals surface area contributed by atoms with E-state index in [9.17, 15) is 43.5 Å². The van der Waals surface area contributed by atoms with E-state index in [1.54, 1.807) is 6.92 Å². The van der Waals surface area contributed by atoms with E-state index in [2.05, 4.69) is 117 Å². The van der Waals surface area contributed by atoms with E-state index in [4.69, 9.17) is 123 Å². The summed E-state index contributed by atoms with van der Waals surface area (Å²) in [7, 11) is -2.95. The monoisotopic (exact) mass is 2020 g/mol. The molecule has 5 aliphatic carbocycles. The summed E-state index contributed by atoms with van der Waals surface area (Å²) >= 11 is 26.5. The molecule has 142 heavy (non-hydrogen) atoms. The van der Waals surface area contributed by atoms with Gasteiger partial charge in [0, 0.05) is 59.2 Å². The number of hydrogen-bond donors (Lipinski definition) is 9. The third-order valence-electron chi connectivity index (χ3n) is 30.1. The highest BCUT2D eigenvalue weighted by atomic mass is 35.5. The number of carboxylic acids is 1. The molecular formula is C108H108Cl4N8O21S. The Kier molecular flexibility index (Phi) is 27.1. The zero-order chi connectivity index (χ0) is 97.6. The number of carbonyl (C=O) groups excluding carboxylic acids is 1. The number of fused-ring (bicyclic) bond motifs is 11. The highest BCUT2D eigenvalue weighted by Crippen LogP contribution is 2.58. The third-order valence-corrected chi connectivity index (χ3v) is 32.3. The number of ether oxygens (including phenoxy) is 12. The van der Waals surface area contributed by atoms with Gasteiger partial charge in [-0.15, -0.1) is 0 Å². The Hall–Kier alpha value is -10.7. The number of nitrogens with zero attached hydrogens (tertiary/aromatic N) is 4. The van der Waals surface area contributed by atoms with E-state index in [1.165, 1.54) is 28.5 Å². The van der Waals surface area contributed by atoms with Crippen LogP contribution in [0.5, 0.6) is 23.5 Å². The molecule has 2 unspecified atom stereocenters. The summed E-state index contributed by atoms with van der Waals surface area (Å²) in [4.78, 5) is 55.3. The standard InChI is InChI=1S/C28H29ClN2O6.C28H29ClN2O5.C27H29ClN2O6S.C25H21ClN2O4/c29-17-11-18-19(12-22(30-18)37-21-14-36-24-20(32)13-35-25(21)24)31-23(17)15-1-3-16(4-2-15)27-5-8-28(9-6-27,10-7-27)26(33)34;1-15(32)10-16-2-4-17(5-3-16)18-6-8-19(9-7-18)26-20(29)11-21-22(31-26)12-25(30-21)36-24-14-35-27-23(33)13-34-28(24)27;1-37(32,33)14-15-2-4-16(5-3-15)17-6-8-18(9-7-17)25-19(28)10-20-21(30-25)11-24(29-20)36-23-13-35-26-22(31)12-34-27(23)26;26-17-10-18-19(11-22(27-18)32-21-13-31-24-20(29)12-30-25(21)24)28-23(17)16-8-6-15(7-9-16)14-4-2-1-3-5-14/h1-4,11-12,20-21,24-25,30,32H,5-10,13-14H2,(H,33,34);4,6-9,11-12,16,23-24,27-28,30,33H,2-3,5,10,13-14H2,1H3;4,6-11,15,22-23,26-27,29,31H,2-3,5,12-14H2,1H3;1-11,20-21,24-25,27,29H,12-13H2/t20-,21-,24-,25-,27?,28?;16?,23-,24-,27-,28-;15?,22-,23-,26-,27-;20-,21-,24-,25-/m1111/s1. The number of allylic oxidation sites excluding steroid dienone is 4. The Balaban J connectivity index is 0.000000109. The van der Waals surface area contributed by atoms with Crippen molar-refractivity contribution < 1.29 is 100 Å². The van der Waals surface area contributed by atoms with Gasteiger partial charge in [0.2, 0.25) is 0 Å². The zero-order valence-corrected chi connectivity index (χ0v) is 81.7. The van der Waals surface area contributed by atoms with Crippen molar-refractivity contribution in [3.8, 4) is 79.7 Å². The number of aromatic nitrogens is 8. The van der Waals surface area contributed by atoms with E-state index in [0.717, 1.165) is 166 Å². The number of nitrogens with one attached hydrogen (secondary N) is 4. The minimum Gasteiger partial charge on any atom is -0.481 e. The molecule has 5 aromatic carbocycles. The highest BCUT2D eigenvalue weighted by molar-refractivity contribution is 7.90. The molecule has 34 heteroatoms. The summed E-state index contributed by atoms with van der Waals surface area (Å²) in [5.41, 5.74) is 20.7. The van der Waals surface area contributed by atoms with Gasteiger partial charge in [-0.3, -0.25) is 4.79 Å². The summed E-state index contributed by atoms with van der Waals surface area (Å²) in [5.74, 6) is 2.79. The first kappa shape index (κ1) is 96.1. The number of carbonyl (C=O) groups is 2. The maximum atomic E-state index is 11.8. The van der Waals surface area contributed by atoms with Crippen LogP contribution in [0.2, 0.25) is 20.1 Å². The van der Waals surface area contributed by atoms with E-state index in [-0.39, 0.29) is 123 Å². The van der Waals surface area contributed by atoms with Gasteiger partial charge in [0.05, 0.1) is 151 Å². The highest BCUT2D eigenvalue weighted by Gasteiger charge is 2.55. The van der Waals surface area contributed by atoms with Crippen molar-refractivity contribution in [3.63, 3.8) is 0 Å². The molecule has 16 heterocycles. The number of rotatable bonds is 21. The summed E-state index contributed by atoms with van der Waals surface area (Å²) in [5, 5.41) is 51.6. The molecule has 8 aliphatic heterocycles. The Morgan fingerprint density at radius 1 is 0.387 bits per heavy atom. The number of Topliss-reactive ketones (excluding diaryl/α,β-unsaturated/α-hetero) is 1. The van der Waals surface area contributed by atoms with Gasteiger partial charge in [0.15, 0.2) is 47.9 Å². The van der Waals surface area contributed by atoms with Gasteiger partial charge in [-0.2, -0.15) is 0 Å². The second kappa shape index (κ2) is 40.0. The number of H-pyrrole nitrogens is 4. The molecule has 29 nitrogen and oxygen atoms in total. The van der Waals surface area contributed by atoms with Crippen molar-refractivity contribution in [2.75, 3.05) is 64.9 Å². The predicted molar refractivity (Wildman–Crippen MR) is 536 cm³/mol. The summed E-state index contributed by atoms with van der Waals surface area (Å²) in [6.07, 6.45) is 10.8. The lowest BCUT2D eigenvalue weighted by Crippen LogP contribution is -2.47. The first-order valence-electron chi connectivity index (χ1n) is 48.6. The van der Waals surface area contributed by atoms with E-state index >= 15 is 0 Å². The largest absolute Gasteiger partial charge is 0.481 e. The molecule has 0 spiro atoms. The van der Waals surface area contributed by atoms with Crippen molar-refractivity contribution in [2.45, 2.75) is 193 Å². The molecule has 3 saturated carbocycles. The Bertz CT molecular complexity index is 7040. The van der Waals surface area contributed by atoms with Crippen molar-refractivity contribution in [1.82, 2.24) is 39.9 Å². The summed E-state index contributed by atoms with van der Waals surface area (Å²) < 4.78 is 92.7. The fraction of sp³-hybridized carbons (Fsp3) is 0.407. The van der Waals surface area contributed by atoms with Crippen molar-refractivity contribution >= 4 is 123 Å². The number of ketones is 1. The van der Waals surface area contributed by atoms with Gasteiger partial charge in [-0.25, -0.2) is 28.4 Å². The van der Waals surface area contributed by atoms with E-state index in [1.807, 2.05) is 91.0 Å². The quantitative estimate of drug-likeness (QED) is 0.0323. The lowest BCUT2D eigenvalue weighted by molar-refractivity contribution is -0.156. The third kappa shape index (κ3) is 19.9. The molecule has 2 bridgehead atoms. The second-order valence-electron chi connectivity index (χ2n) is 39.6. The van der Waals surface area contributed by atoms with E-state index < -0.39 is 45.6 Å². The number of aromatic amines is 4. The van der Waals surface area contributed by atoms with Crippen molar-refractivity contribution in [3.05, 3.63) is 225 Å². The van der Waals surface area contributed by atoms with Gasteiger partial charge >= 0.3 is 5.97 Å². The average molecular weight is 2030 g/mol. The van der Waals surface area contributed by atoms with E-state index in [0.29, 0.717) is 99.5 Å². The first-order chi connectivity index (χ1) is 68.7. The maximum absolute atomic E-state index is 11.8. The minimum absolute atomic E-state index is 0.0752. The number of hydrogen-bond acceptors (Lipinski definition) is 24.